The number of carbonyl (C=O) groups excluding carboxylic acids is 3. The predicted molar refractivity (Wildman–Crippen MR) is 199 cm³/mol. The summed E-state index contributed by atoms with van der Waals surface area (Å²) in [5.74, 6) is -5.80. The SMILES string of the molecule is C[C@@H]1S[C@@H]2[C@H](NC(=O)/C(=N\OC(C)(C)C(=O)O)c3csc(N)n3)C(=O)N2C(C(=O)O)=C1C[N+]1(CCNC(=O)c2c[nH]c3cc(O)c(O)cc3c2=O)CCCC1. The Hall–Kier alpha value is -5.67. The van der Waals surface area contributed by atoms with Crippen LogP contribution in [0.5, 0.6) is 11.5 Å². The third-order valence-electron chi connectivity index (χ3n) is 9.88. The predicted octanol–water partition coefficient (Wildman–Crippen LogP) is 0.730. The number of hydrogen-bond donors (Lipinski definition) is 8. The number of aromatic nitrogens is 2. The number of nitrogen functional groups attached to an aromatic ring is 1. The molecule has 5 heterocycles. The van der Waals surface area contributed by atoms with Crippen molar-refractivity contribution in [1.82, 2.24) is 25.5 Å². The molecule has 2 saturated heterocycles. The maximum absolute atomic E-state index is 13.6. The zero-order chi connectivity index (χ0) is 40.0. The van der Waals surface area contributed by atoms with Crippen LogP contribution in [-0.2, 0) is 24.0 Å². The number of quaternary nitrogens is 1. The van der Waals surface area contributed by atoms with Crippen molar-refractivity contribution in [3.63, 3.8) is 0 Å². The van der Waals surface area contributed by atoms with E-state index in [-0.39, 0.29) is 46.1 Å². The Labute approximate surface area is 320 Å². The summed E-state index contributed by atoms with van der Waals surface area (Å²) in [6.07, 6.45) is 2.94. The second-order valence-electron chi connectivity index (χ2n) is 14.0. The van der Waals surface area contributed by atoms with Crippen LogP contribution < -0.4 is 21.8 Å². The lowest BCUT2D eigenvalue weighted by Crippen LogP contribution is -2.71. The van der Waals surface area contributed by atoms with E-state index in [0.717, 1.165) is 35.1 Å². The average Bonchev–Trinajstić information content (AvgIpc) is 3.77. The standard InChI is InChI=1S/C34H38N8O11S2/c1-15-18(13-42(7-4-5-8-42)9-6-36-27(46)17-12-37-19-11-22(44)21(43)10-16(19)26(17)45)25(31(49)50)41-29(48)24(30(41)55-15)39-28(47)23(20-14-54-33(35)38-20)40-53-34(2,3)32(51)52/h10-12,14-15,24,30H,4-9,13H2,1-3H3,(H8-,35,36,37,38,39,40,43,44,45,46,47,49,50,51,52)/p+1/t15-,24+,30+/m0/s1. The van der Waals surface area contributed by atoms with Crippen molar-refractivity contribution >= 4 is 74.5 Å². The number of H-pyrrole nitrogens is 1. The molecule has 3 aliphatic heterocycles. The number of carbonyl (C=O) groups is 5. The molecule has 0 aliphatic carbocycles. The summed E-state index contributed by atoms with van der Waals surface area (Å²) < 4.78 is 0.425. The number of aromatic hydroxyl groups is 2. The molecule has 3 aliphatic rings. The van der Waals surface area contributed by atoms with Gasteiger partial charge < -0.3 is 51.1 Å². The molecule has 0 unspecified atom stereocenters. The van der Waals surface area contributed by atoms with Gasteiger partial charge in [0.05, 0.1) is 37.1 Å². The van der Waals surface area contributed by atoms with Gasteiger partial charge in [-0.05, 0) is 26.8 Å². The molecule has 0 bridgehead atoms. The topological polar surface area (TPSA) is 287 Å². The number of aromatic amines is 1. The number of phenols is 2. The monoisotopic (exact) mass is 799 g/mol. The molecule has 2 aromatic heterocycles. The fourth-order valence-electron chi connectivity index (χ4n) is 6.81. The minimum Gasteiger partial charge on any atom is -0.504 e. The molecule has 292 valence electrons. The van der Waals surface area contributed by atoms with Crippen LogP contribution in [0.1, 0.15) is 49.7 Å². The fourth-order valence-corrected chi connectivity index (χ4v) is 8.80. The zero-order valence-electron chi connectivity index (χ0n) is 29.8. The number of carboxylic acids is 2. The summed E-state index contributed by atoms with van der Waals surface area (Å²) in [6.45, 7) is 6.48. The lowest BCUT2D eigenvalue weighted by atomic mass is 9.99. The number of carboxylic acid groups (broad SMARTS) is 2. The Morgan fingerprint density at radius 1 is 1.15 bits per heavy atom. The number of pyridine rings is 1. The molecule has 3 atom stereocenters. The van der Waals surface area contributed by atoms with Crippen molar-refractivity contribution in [2.24, 2.45) is 5.16 Å². The van der Waals surface area contributed by atoms with E-state index in [0.29, 0.717) is 29.7 Å². The van der Waals surface area contributed by atoms with Crippen molar-refractivity contribution in [3.8, 4) is 11.5 Å². The molecule has 0 radical (unpaired) electrons. The number of anilines is 1. The van der Waals surface area contributed by atoms with Gasteiger partial charge in [0.2, 0.25) is 11.0 Å². The van der Waals surface area contributed by atoms with Gasteiger partial charge in [-0.2, -0.15) is 0 Å². The van der Waals surface area contributed by atoms with E-state index in [1.807, 2.05) is 6.92 Å². The van der Waals surface area contributed by atoms with Crippen molar-refractivity contribution < 1.29 is 53.7 Å². The number of nitrogens with zero attached hydrogens (tertiary/aromatic N) is 4. The highest BCUT2D eigenvalue weighted by molar-refractivity contribution is 8.00. The smallest absolute Gasteiger partial charge is 0.352 e. The summed E-state index contributed by atoms with van der Waals surface area (Å²) in [5, 5.41) is 49.0. The highest BCUT2D eigenvalue weighted by Gasteiger charge is 2.57. The normalized spacial score (nSPS) is 20.9. The van der Waals surface area contributed by atoms with Gasteiger partial charge in [-0.15, -0.1) is 23.1 Å². The van der Waals surface area contributed by atoms with E-state index in [2.05, 4.69) is 25.8 Å². The zero-order valence-corrected chi connectivity index (χ0v) is 31.5. The summed E-state index contributed by atoms with van der Waals surface area (Å²) in [7, 11) is 0. The van der Waals surface area contributed by atoms with E-state index in [1.165, 1.54) is 43.3 Å². The van der Waals surface area contributed by atoms with E-state index >= 15 is 0 Å². The van der Waals surface area contributed by atoms with Crippen molar-refractivity contribution in [2.45, 2.75) is 55.9 Å². The van der Waals surface area contributed by atoms with Gasteiger partial charge in [0.15, 0.2) is 22.3 Å². The number of phenolic OH excluding ortho intramolecular Hbond substituents is 2. The first kappa shape index (κ1) is 39.0. The Kier molecular flexibility index (Phi) is 10.6. The maximum Gasteiger partial charge on any atom is 0.352 e. The number of β-lactam (4-membered cyclic amide) rings is 1. The fraction of sp³-hybridized carbons (Fsp3) is 0.412. The highest BCUT2D eigenvalue weighted by atomic mass is 32.2. The lowest BCUT2D eigenvalue weighted by molar-refractivity contribution is -0.911. The molecule has 9 N–H and O–H groups in total. The van der Waals surface area contributed by atoms with Gasteiger partial charge >= 0.3 is 11.9 Å². The molecule has 21 heteroatoms. The number of rotatable bonds is 13. The van der Waals surface area contributed by atoms with Crippen LogP contribution in [0.25, 0.3) is 10.9 Å². The van der Waals surface area contributed by atoms with Gasteiger partial charge in [0, 0.05) is 41.3 Å². The quantitative estimate of drug-likeness (QED) is 0.0389. The third-order valence-corrected chi connectivity index (χ3v) is 12.0. The second-order valence-corrected chi connectivity index (χ2v) is 16.3. The average molecular weight is 800 g/mol. The molecule has 1 aromatic carbocycles. The van der Waals surface area contributed by atoms with Crippen molar-refractivity contribution in [2.75, 3.05) is 38.5 Å². The Bertz CT molecular complexity index is 2230. The van der Waals surface area contributed by atoms with E-state index in [1.54, 1.807) is 0 Å². The van der Waals surface area contributed by atoms with Crippen LogP contribution in [0.15, 0.2) is 44.9 Å². The minimum absolute atomic E-state index is 0.00999. The van der Waals surface area contributed by atoms with Gasteiger partial charge in [-0.3, -0.25) is 24.1 Å². The van der Waals surface area contributed by atoms with Crippen molar-refractivity contribution in [1.29, 1.82) is 0 Å². The number of oxime groups is 1. The molecular weight excluding hydrogens is 761 g/mol. The highest BCUT2D eigenvalue weighted by Crippen LogP contribution is 2.45. The number of fused-ring (bicyclic) bond motifs is 2. The number of nitrogens with two attached hydrogens (primary N) is 1. The number of thioether (sulfide) groups is 1. The number of hydrogen-bond acceptors (Lipinski definition) is 14. The van der Waals surface area contributed by atoms with Gasteiger partial charge in [-0.1, -0.05) is 5.16 Å². The Balaban J connectivity index is 1.18. The maximum atomic E-state index is 13.6. The number of aliphatic carboxylic acids is 2. The van der Waals surface area contributed by atoms with Crippen LogP contribution in [0.4, 0.5) is 5.13 Å². The van der Waals surface area contributed by atoms with Gasteiger partial charge in [0.25, 0.3) is 17.7 Å². The number of likely N-dealkylation sites (tertiary alicyclic amines) is 1. The largest absolute Gasteiger partial charge is 0.504 e. The van der Waals surface area contributed by atoms with Crippen LogP contribution in [-0.4, -0.2) is 130 Å². The van der Waals surface area contributed by atoms with E-state index < -0.39 is 74.6 Å². The molecule has 19 nitrogen and oxygen atoms in total. The van der Waals surface area contributed by atoms with Crippen molar-refractivity contribution in [3.05, 3.63) is 56.5 Å². The first-order valence-corrected chi connectivity index (χ1v) is 18.9. The first-order valence-electron chi connectivity index (χ1n) is 17.1. The third kappa shape index (κ3) is 7.54. The van der Waals surface area contributed by atoms with Crippen LogP contribution in [0.3, 0.4) is 0 Å². The molecule has 6 rings (SSSR count). The van der Waals surface area contributed by atoms with Crippen LogP contribution >= 0.6 is 23.1 Å². The molecule has 0 saturated carbocycles. The Morgan fingerprint density at radius 3 is 2.47 bits per heavy atom. The molecule has 3 aromatic rings. The van der Waals surface area contributed by atoms with E-state index in [9.17, 15) is 49.2 Å². The molecule has 0 spiro atoms. The Morgan fingerprint density at radius 2 is 1.84 bits per heavy atom. The molecule has 55 heavy (non-hydrogen) atoms. The minimum atomic E-state index is -1.81. The lowest BCUT2D eigenvalue weighted by Gasteiger charge is -2.51. The summed E-state index contributed by atoms with van der Waals surface area (Å²) >= 11 is 2.30. The van der Waals surface area contributed by atoms with Crippen LogP contribution in [0.2, 0.25) is 0 Å². The number of thiazole rings is 1. The molecule has 3 amide bonds. The second kappa shape index (κ2) is 14.9. The van der Waals surface area contributed by atoms with Gasteiger partial charge in [0.1, 0.15) is 34.9 Å². The number of amides is 3. The molecule has 2 fully saturated rings. The first-order chi connectivity index (χ1) is 25.9. The van der Waals surface area contributed by atoms with E-state index in [4.69, 9.17) is 10.6 Å². The van der Waals surface area contributed by atoms with Crippen LogP contribution in [0, 0.1) is 0 Å². The molecular formula is C34H39N8O11S2+. The van der Waals surface area contributed by atoms with Gasteiger partial charge in [-0.25, -0.2) is 14.6 Å². The summed E-state index contributed by atoms with van der Waals surface area (Å²) in [4.78, 5) is 90.8. The number of nitrogens with one attached hydrogen (secondary N) is 3. The summed E-state index contributed by atoms with van der Waals surface area (Å²) in [5.41, 5.74) is 3.27. The number of benzene rings is 1. The summed E-state index contributed by atoms with van der Waals surface area (Å²) in [6, 6.07) is 1.11.